The Hall–Kier alpha value is -2.05. The topological polar surface area (TPSA) is 52.9 Å². The van der Waals surface area contributed by atoms with E-state index in [4.69, 9.17) is 0 Å². The molecule has 0 aliphatic carbocycles. The third kappa shape index (κ3) is 3.01. The van der Waals surface area contributed by atoms with Crippen LogP contribution in [0.3, 0.4) is 0 Å². The van der Waals surface area contributed by atoms with E-state index in [-0.39, 0.29) is 11.7 Å². The first-order chi connectivity index (χ1) is 10.1. The van der Waals surface area contributed by atoms with E-state index in [1.54, 1.807) is 42.6 Å². The third-order valence-electron chi connectivity index (χ3n) is 2.87. The predicted octanol–water partition coefficient (Wildman–Crippen LogP) is 3.69. The summed E-state index contributed by atoms with van der Waals surface area (Å²) in [5, 5.41) is 12.0. The third-order valence-corrected chi connectivity index (χ3v) is 4.75. The standard InChI is InChI=1S/C15H12N2O2S2/c1-17-14(19)13(9-12-6-3-7-20-12)21-15(17)16-10-4-2-5-11(18)8-10/h2-9,18H,1H3/b13-9-,16-15?. The Morgan fingerprint density at radius 3 is 2.86 bits per heavy atom. The summed E-state index contributed by atoms with van der Waals surface area (Å²) in [6, 6.07) is 10.6. The Kier molecular flexibility index (Phi) is 3.81. The van der Waals surface area contributed by atoms with Gasteiger partial charge in [0, 0.05) is 18.0 Å². The molecule has 2 heterocycles. The number of benzene rings is 1. The number of thiophene rings is 1. The van der Waals surface area contributed by atoms with Crippen molar-refractivity contribution in [3.63, 3.8) is 0 Å². The highest BCUT2D eigenvalue weighted by molar-refractivity contribution is 8.18. The first-order valence-corrected chi connectivity index (χ1v) is 7.92. The first kappa shape index (κ1) is 13.9. The minimum Gasteiger partial charge on any atom is -0.508 e. The van der Waals surface area contributed by atoms with E-state index in [1.807, 2.05) is 23.6 Å². The maximum Gasteiger partial charge on any atom is 0.266 e. The molecule has 4 nitrogen and oxygen atoms in total. The van der Waals surface area contributed by atoms with Crippen LogP contribution in [0, 0.1) is 0 Å². The van der Waals surface area contributed by atoms with Gasteiger partial charge in [-0.3, -0.25) is 9.69 Å². The summed E-state index contributed by atoms with van der Waals surface area (Å²) >= 11 is 2.93. The lowest BCUT2D eigenvalue weighted by Crippen LogP contribution is -2.23. The van der Waals surface area contributed by atoms with Crippen molar-refractivity contribution in [1.29, 1.82) is 0 Å². The van der Waals surface area contributed by atoms with Crippen LogP contribution < -0.4 is 0 Å². The van der Waals surface area contributed by atoms with Crippen LogP contribution in [0.1, 0.15) is 4.88 Å². The molecule has 0 bridgehead atoms. The second-order valence-corrected chi connectivity index (χ2v) is 6.39. The second-order valence-electron chi connectivity index (χ2n) is 4.40. The average molecular weight is 316 g/mol. The number of phenols is 1. The summed E-state index contributed by atoms with van der Waals surface area (Å²) < 4.78 is 0. The number of hydrogen-bond acceptors (Lipinski definition) is 5. The molecule has 1 aromatic carbocycles. The van der Waals surface area contributed by atoms with Crippen LogP contribution in [-0.4, -0.2) is 28.1 Å². The molecule has 1 fully saturated rings. The minimum absolute atomic E-state index is 0.0627. The van der Waals surface area contributed by atoms with Gasteiger partial charge in [0.2, 0.25) is 0 Å². The van der Waals surface area contributed by atoms with Crippen molar-refractivity contribution in [1.82, 2.24) is 4.90 Å². The Labute approximate surface area is 130 Å². The van der Waals surface area contributed by atoms with Crippen LogP contribution in [0.2, 0.25) is 0 Å². The van der Waals surface area contributed by atoms with E-state index in [1.165, 1.54) is 16.7 Å². The van der Waals surface area contributed by atoms with Crippen LogP contribution in [0.5, 0.6) is 5.75 Å². The second kappa shape index (κ2) is 5.75. The molecule has 0 atom stereocenters. The van der Waals surface area contributed by atoms with Gasteiger partial charge in [-0.2, -0.15) is 0 Å². The summed E-state index contributed by atoms with van der Waals surface area (Å²) in [4.78, 5) is 19.8. The number of rotatable bonds is 2. The van der Waals surface area contributed by atoms with E-state index in [0.717, 1.165) is 4.88 Å². The van der Waals surface area contributed by atoms with E-state index in [9.17, 15) is 9.90 Å². The number of phenolic OH excluding ortho intramolecular Hbond substituents is 1. The maximum atomic E-state index is 12.2. The molecule has 0 radical (unpaired) electrons. The van der Waals surface area contributed by atoms with Crippen molar-refractivity contribution in [2.75, 3.05) is 7.05 Å². The largest absolute Gasteiger partial charge is 0.508 e. The van der Waals surface area contributed by atoms with Crippen molar-refractivity contribution in [2.45, 2.75) is 0 Å². The van der Waals surface area contributed by atoms with Gasteiger partial charge < -0.3 is 5.11 Å². The molecular formula is C15H12N2O2S2. The Morgan fingerprint density at radius 1 is 1.29 bits per heavy atom. The molecule has 0 saturated carbocycles. The molecule has 0 spiro atoms. The van der Waals surface area contributed by atoms with Gasteiger partial charge in [0.25, 0.3) is 5.91 Å². The lowest BCUT2D eigenvalue weighted by atomic mass is 10.3. The zero-order chi connectivity index (χ0) is 14.8. The Morgan fingerprint density at radius 2 is 2.14 bits per heavy atom. The van der Waals surface area contributed by atoms with Gasteiger partial charge in [0.1, 0.15) is 5.75 Å². The normalized spacial score (nSPS) is 18.9. The highest BCUT2D eigenvalue weighted by atomic mass is 32.2. The van der Waals surface area contributed by atoms with Crippen LogP contribution in [-0.2, 0) is 4.79 Å². The Bertz CT molecular complexity index is 736. The number of amidine groups is 1. The zero-order valence-corrected chi connectivity index (χ0v) is 12.8. The molecule has 2 aromatic rings. The van der Waals surface area contributed by atoms with Gasteiger partial charge in [0.05, 0.1) is 10.6 Å². The van der Waals surface area contributed by atoms with E-state index in [0.29, 0.717) is 15.8 Å². The van der Waals surface area contributed by atoms with Crippen molar-refractivity contribution < 1.29 is 9.90 Å². The summed E-state index contributed by atoms with van der Waals surface area (Å²) in [5.74, 6) is 0.0930. The zero-order valence-electron chi connectivity index (χ0n) is 11.2. The summed E-state index contributed by atoms with van der Waals surface area (Å²) in [6.45, 7) is 0. The smallest absolute Gasteiger partial charge is 0.266 e. The number of amides is 1. The number of aromatic hydroxyl groups is 1. The molecule has 21 heavy (non-hydrogen) atoms. The number of nitrogens with zero attached hydrogens (tertiary/aromatic N) is 2. The summed E-state index contributed by atoms with van der Waals surface area (Å²) in [6.07, 6.45) is 1.87. The highest BCUT2D eigenvalue weighted by Gasteiger charge is 2.30. The van der Waals surface area contributed by atoms with Crippen molar-refractivity contribution in [3.8, 4) is 5.75 Å². The number of likely N-dealkylation sites (N-methyl/N-ethyl adjacent to an activating group) is 1. The van der Waals surface area contributed by atoms with Crippen LogP contribution in [0.25, 0.3) is 6.08 Å². The predicted molar refractivity (Wildman–Crippen MR) is 87.9 cm³/mol. The fourth-order valence-electron chi connectivity index (χ4n) is 1.83. The molecule has 1 N–H and O–H groups in total. The van der Waals surface area contributed by atoms with Crippen molar-refractivity contribution in [2.24, 2.45) is 4.99 Å². The molecule has 1 aliphatic heterocycles. The minimum atomic E-state index is -0.0627. The van der Waals surface area contributed by atoms with Gasteiger partial charge in [-0.25, -0.2) is 4.99 Å². The highest BCUT2D eigenvalue weighted by Crippen LogP contribution is 2.34. The van der Waals surface area contributed by atoms with Gasteiger partial charge in [0.15, 0.2) is 5.17 Å². The number of carbonyl (C=O) groups is 1. The molecule has 106 valence electrons. The number of aliphatic imine (C=N–C) groups is 1. The lowest BCUT2D eigenvalue weighted by molar-refractivity contribution is -0.121. The molecule has 1 aromatic heterocycles. The molecule has 0 unspecified atom stereocenters. The lowest BCUT2D eigenvalue weighted by Gasteiger charge is -2.07. The summed E-state index contributed by atoms with van der Waals surface area (Å²) in [5.41, 5.74) is 0.620. The molecular weight excluding hydrogens is 304 g/mol. The molecule has 1 saturated heterocycles. The maximum absolute atomic E-state index is 12.2. The van der Waals surface area contributed by atoms with E-state index >= 15 is 0 Å². The van der Waals surface area contributed by atoms with Crippen LogP contribution >= 0.6 is 23.1 Å². The van der Waals surface area contributed by atoms with Crippen molar-refractivity contribution >= 4 is 45.9 Å². The van der Waals surface area contributed by atoms with Crippen LogP contribution in [0.4, 0.5) is 5.69 Å². The van der Waals surface area contributed by atoms with Gasteiger partial charge in [-0.15, -0.1) is 11.3 Å². The monoisotopic (exact) mass is 316 g/mol. The number of hydrogen-bond donors (Lipinski definition) is 1. The number of carbonyl (C=O) groups excluding carboxylic acids is 1. The fourth-order valence-corrected chi connectivity index (χ4v) is 3.54. The Balaban J connectivity index is 1.90. The quantitative estimate of drug-likeness (QED) is 0.860. The molecule has 1 amide bonds. The van der Waals surface area contributed by atoms with Gasteiger partial charge in [-0.05, 0) is 41.4 Å². The molecule has 1 aliphatic rings. The number of thioether (sulfide) groups is 1. The van der Waals surface area contributed by atoms with Gasteiger partial charge >= 0.3 is 0 Å². The fraction of sp³-hybridized carbons (Fsp3) is 0.0667. The van der Waals surface area contributed by atoms with E-state index < -0.39 is 0 Å². The first-order valence-electron chi connectivity index (χ1n) is 6.22. The van der Waals surface area contributed by atoms with Gasteiger partial charge in [-0.1, -0.05) is 12.1 Å². The SMILES string of the molecule is CN1C(=O)/C(=C/c2cccs2)SC1=Nc1cccc(O)c1. The van der Waals surface area contributed by atoms with E-state index in [2.05, 4.69) is 4.99 Å². The summed E-state index contributed by atoms with van der Waals surface area (Å²) in [7, 11) is 1.70. The van der Waals surface area contributed by atoms with Crippen molar-refractivity contribution in [3.05, 3.63) is 51.6 Å². The molecule has 6 heteroatoms. The average Bonchev–Trinajstić information content (AvgIpc) is 3.05. The van der Waals surface area contributed by atoms with Crippen LogP contribution in [0.15, 0.2) is 51.7 Å². The molecule has 3 rings (SSSR count).